The van der Waals surface area contributed by atoms with Gasteiger partial charge in [0.2, 0.25) is 0 Å². The predicted molar refractivity (Wildman–Crippen MR) is 113 cm³/mol. The van der Waals surface area contributed by atoms with Gasteiger partial charge in [-0.05, 0) is 43.7 Å². The molecule has 0 radical (unpaired) electrons. The topological polar surface area (TPSA) is 79.5 Å². The van der Waals surface area contributed by atoms with Crippen LogP contribution in [0.3, 0.4) is 0 Å². The number of nitrogens with two attached hydrogens (primary N) is 1. The summed E-state index contributed by atoms with van der Waals surface area (Å²) in [6.45, 7) is 6.86. The van der Waals surface area contributed by atoms with Crippen molar-refractivity contribution in [2.75, 3.05) is 25.4 Å². The number of unbranched alkanes of at least 4 members (excludes halogenated alkanes) is 2. The van der Waals surface area contributed by atoms with E-state index in [0.717, 1.165) is 42.4 Å². The Morgan fingerprint density at radius 3 is 2.09 bits per heavy atom. The standard InChI is InChI=1S/C13H26N2OS3.CH3NOS/c1-3-5-8-14-12(17)16-10-7-11-19-13(18)15-9-6-4-2;2-1(3)4/h3-11H2,1-2H3,(H,14,17)(H,15,18);(H3,2,3,4). The van der Waals surface area contributed by atoms with Crippen molar-refractivity contribution < 1.29 is 9.84 Å². The van der Waals surface area contributed by atoms with Gasteiger partial charge >= 0.3 is 0 Å². The second-order valence-corrected chi connectivity index (χ2v) is 7.09. The Hall–Kier alpha value is -0.380. The Kier molecular flexibility index (Phi) is 21.3. The molecule has 0 spiro atoms. The summed E-state index contributed by atoms with van der Waals surface area (Å²) < 4.78 is 6.30. The summed E-state index contributed by atoms with van der Waals surface area (Å²) in [5.74, 6) is 0.968. The first-order valence-electron chi connectivity index (χ1n) is 7.73. The van der Waals surface area contributed by atoms with Gasteiger partial charge in [-0.15, -0.1) is 0 Å². The molecular formula is C14H29N3O2S4. The molecule has 0 bridgehead atoms. The Morgan fingerprint density at radius 1 is 1.04 bits per heavy atom. The highest BCUT2D eigenvalue weighted by Crippen LogP contribution is 2.04. The lowest BCUT2D eigenvalue weighted by Crippen LogP contribution is -2.25. The highest BCUT2D eigenvalue weighted by atomic mass is 32.2. The summed E-state index contributed by atoms with van der Waals surface area (Å²) in [6.07, 6.45) is 5.60. The van der Waals surface area contributed by atoms with Gasteiger partial charge in [-0.3, -0.25) is 0 Å². The number of aliphatic hydroxyl groups is 1. The van der Waals surface area contributed by atoms with E-state index in [1.165, 1.54) is 12.8 Å². The zero-order valence-corrected chi connectivity index (χ0v) is 17.2. The summed E-state index contributed by atoms with van der Waals surface area (Å²) >= 11 is 15.8. The van der Waals surface area contributed by atoms with Crippen molar-refractivity contribution in [2.45, 2.75) is 46.0 Å². The fourth-order valence-electron chi connectivity index (χ4n) is 1.23. The van der Waals surface area contributed by atoms with E-state index in [9.17, 15) is 0 Å². The van der Waals surface area contributed by atoms with Gasteiger partial charge in [-0.25, -0.2) is 0 Å². The molecule has 0 aliphatic rings. The van der Waals surface area contributed by atoms with E-state index in [2.05, 4.69) is 42.4 Å². The van der Waals surface area contributed by atoms with Crippen LogP contribution in [0.5, 0.6) is 0 Å². The van der Waals surface area contributed by atoms with Gasteiger partial charge in [-0.2, -0.15) is 0 Å². The maximum Gasteiger partial charge on any atom is 0.256 e. The first-order valence-corrected chi connectivity index (χ1v) is 9.94. The smallest absolute Gasteiger partial charge is 0.256 e. The van der Waals surface area contributed by atoms with Crippen LogP contribution >= 0.6 is 48.4 Å². The van der Waals surface area contributed by atoms with E-state index >= 15 is 0 Å². The third-order valence-corrected chi connectivity index (χ3v) is 4.01. The third-order valence-electron chi connectivity index (χ3n) is 2.35. The summed E-state index contributed by atoms with van der Waals surface area (Å²) in [5, 5.41) is 13.9. The minimum absolute atomic E-state index is 0.500. The van der Waals surface area contributed by atoms with Crippen molar-refractivity contribution in [3.8, 4) is 0 Å². The van der Waals surface area contributed by atoms with Gasteiger partial charge in [-0.1, -0.05) is 50.7 Å². The summed E-state index contributed by atoms with van der Waals surface area (Å²) in [5.41, 5.74) is 4.40. The molecule has 5 nitrogen and oxygen atoms in total. The molecular weight excluding hydrogens is 370 g/mol. The lowest BCUT2D eigenvalue weighted by atomic mass is 10.3. The first kappa shape index (κ1) is 24.9. The number of nitrogens with one attached hydrogen (secondary N) is 2. The Morgan fingerprint density at radius 2 is 1.57 bits per heavy atom. The normalized spacial score (nSPS) is 9.30. The number of aliphatic hydroxyl groups excluding tert-OH is 1. The monoisotopic (exact) mass is 399 g/mol. The molecule has 0 amide bonds. The molecule has 0 saturated heterocycles. The molecule has 0 aromatic rings. The number of thiocarbonyl (C=S) groups is 3. The molecule has 0 unspecified atom stereocenters. The number of ether oxygens (including phenoxy) is 1. The highest BCUT2D eigenvalue weighted by Gasteiger charge is 1.99. The van der Waals surface area contributed by atoms with Gasteiger partial charge in [0.05, 0.1) is 6.61 Å². The van der Waals surface area contributed by atoms with E-state index in [1.807, 2.05) is 0 Å². The molecule has 0 atom stereocenters. The van der Waals surface area contributed by atoms with Crippen LogP contribution in [0.2, 0.25) is 0 Å². The maximum absolute atomic E-state index is 7.56. The molecule has 0 rings (SSSR count). The van der Waals surface area contributed by atoms with Crippen LogP contribution in [-0.4, -0.2) is 45.2 Å². The molecule has 0 aromatic heterocycles. The van der Waals surface area contributed by atoms with E-state index in [-0.39, 0.29) is 0 Å². The number of thioether (sulfide) groups is 1. The van der Waals surface area contributed by atoms with Crippen LogP contribution in [0, 0.1) is 0 Å². The zero-order valence-electron chi connectivity index (χ0n) is 13.9. The molecule has 0 heterocycles. The quantitative estimate of drug-likeness (QED) is 0.327. The Bertz CT molecular complexity index is 303. The van der Waals surface area contributed by atoms with Crippen molar-refractivity contribution in [3.63, 3.8) is 0 Å². The van der Waals surface area contributed by atoms with Gasteiger partial charge < -0.3 is 26.2 Å². The Balaban J connectivity index is 0. The fourth-order valence-corrected chi connectivity index (χ4v) is 2.41. The minimum Gasteiger partial charge on any atom is -0.487 e. The van der Waals surface area contributed by atoms with Crippen molar-refractivity contribution in [3.05, 3.63) is 0 Å². The number of hydrogen-bond acceptors (Lipinski definition) is 5. The molecule has 0 fully saturated rings. The zero-order chi connectivity index (χ0) is 17.9. The number of rotatable bonds is 10. The number of hydrogen-bond donors (Lipinski definition) is 4. The van der Waals surface area contributed by atoms with Crippen molar-refractivity contribution in [1.29, 1.82) is 0 Å². The van der Waals surface area contributed by atoms with Crippen molar-refractivity contribution >= 4 is 63.1 Å². The third kappa shape index (κ3) is 26.8. The summed E-state index contributed by atoms with van der Waals surface area (Å²) in [7, 11) is 0. The fraction of sp³-hybridized carbons (Fsp3) is 0.786. The van der Waals surface area contributed by atoms with Crippen LogP contribution in [0.15, 0.2) is 0 Å². The molecule has 0 aromatic carbocycles. The lowest BCUT2D eigenvalue weighted by molar-refractivity contribution is 0.299. The molecule has 0 aliphatic heterocycles. The van der Waals surface area contributed by atoms with E-state index < -0.39 is 5.17 Å². The summed E-state index contributed by atoms with van der Waals surface area (Å²) in [4.78, 5) is 0. The molecule has 23 heavy (non-hydrogen) atoms. The first-order chi connectivity index (χ1) is 10.9. The predicted octanol–water partition coefficient (Wildman–Crippen LogP) is 3.26. The van der Waals surface area contributed by atoms with Gasteiger partial charge in [0, 0.05) is 18.8 Å². The van der Waals surface area contributed by atoms with Crippen LogP contribution < -0.4 is 16.4 Å². The van der Waals surface area contributed by atoms with Gasteiger partial charge in [0.25, 0.3) is 10.3 Å². The average molecular weight is 400 g/mol. The van der Waals surface area contributed by atoms with Crippen molar-refractivity contribution in [2.24, 2.45) is 5.73 Å². The van der Waals surface area contributed by atoms with Crippen LogP contribution in [0.25, 0.3) is 0 Å². The maximum atomic E-state index is 7.56. The van der Waals surface area contributed by atoms with Crippen LogP contribution in [0.4, 0.5) is 0 Å². The second-order valence-electron chi connectivity index (χ2n) is 4.52. The molecule has 9 heteroatoms. The Labute approximate surface area is 160 Å². The SMILES string of the molecule is CCCCNC(=S)OCCCSC(=S)NCCCC.NC(O)=S. The molecule has 0 aliphatic carbocycles. The molecule has 5 N–H and O–H groups in total. The average Bonchev–Trinajstić information content (AvgIpc) is 2.47. The molecule has 136 valence electrons. The van der Waals surface area contributed by atoms with Crippen molar-refractivity contribution in [1.82, 2.24) is 10.6 Å². The van der Waals surface area contributed by atoms with Gasteiger partial charge in [0.15, 0.2) is 0 Å². The second kappa shape index (κ2) is 19.7. The highest BCUT2D eigenvalue weighted by molar-refractivity contribution is 8.22. The van der Waals surface area contributed by atoms with Gasteiger partial charge in [0.1, 0.15) is 4.32 Å². The lowest BCUT2D eigenvalue weighted by Gasteiger charge is -2.09. The van der Waals surface area contributed by atoms with E-state index in [4.69, 9.17) is 34.3 Å². The largest absolute Gasteiger partial charge is 0.487 e. The van der Waals surface area contributed by atoms with E-state index in [0.29, 0.717) is 11.8 Å². The van der Waals surface area contributed by atoms with Crippen LogP contribution in [-0.2, 0) is 4.74 Å². The minimum atomic E-state index is -0.500. The van der Waals surface area contributed by atoms with Crippen LogP contribution in [0.1, 0.15) is 46.0 Å². The molecule has 0 saturated carbocycles. The van der Waals surface area contributed by atoms with E-state index in [1.54, 1.807) is 11.8 Å². The summed E-state index contributed by atoms with van der Waals surface area (Å²) in [6, 6.07) is 0.